The predicted octanol–water partition coefficient (Wildman–Crippen LogP) is 3.18. The number of nitrogens with one attached hydrogen (secondary N) is 1. The first kappa shape index (κ1) is 17.5. The standard InChI is InChI=1S/C21H21N7O/c1-13-9-14(2)24-10-16(13)17-3-4-18-20(25-17)28(15-5-8-27(18)12-15)21(29)26-19-11-22-6-7-23-19/h3-4,6-7,9-11,15H,5,8,12H2,1-2H3,(H,23,26,29)/t15-/m0/s1. The highest BCUT2D eigenvalue weighted by atomic mass is 16.2. The number of hydrogen-bond donors (Lipinski definition) is 1. The molecule has 1 saturated heterocycles. The van der Waals surface area contributed by atoms with E-state index in [1.165, 1.54) is 6.20 Å². The molecule has 0 saturated carbocycles. The number of pyridine rings is 2. The molecule has 146 valence electrons. The summed E-state index contributed by atoms with van der Waals surface area (Å²) in [6.07, 6.45) is 7.42. The molecule has 5 rings (SSSR count). The number of aromatic nitrogens is 4. The van der Waals surface area contributed by atoms with E-state index in [9.17, 15) is 4.79 Å². The first-order valence-electron chi connectivity index (χ1n) is 9.66. The maximum absolute atomic E-state index is 13.2. The van der Waals surface area contributed by atoms with Crippen LogP contribution in [0.5, 0.6) is 0 Å². The summed E-state index contributed by atoms with van der Waals surface area (Å²) in [7, 11) is 0. The van der Waals surface area contributed by atoms with Crippen molar-refractivity contribution in [2.45, 2.75) is 26.3 Å². The van der Waals surface area contributed by atoms with E-state index in [2.05, 4.69) is 38.2 Å². The van der Waals surface area contributed by atoms with Gasteiger partial charge in [0.05, 0.1) is 23.6 Å². The molecule has 2 aliphatic heterocycles. The number of rotatable bonds is 2. The first-order valence-corrected chi connectivity index (χ1v) is 9.66. The largest absolute Gasteiger partial charge is 0.366 e. The Morgan fingerprint density at radius 3 is 2.86 bits per heavy atom. The minimum absolute atomic E-state index is 0.0826. The van der Waals surface area contributed by atoms with Crippen LogP contribution in [0, 0.1) is 13.8 Å². The van der Waals surface area contributed by atoms with Gasteiger partial charge in [0.25, 0.3) is 0 Å². The highest BCUT2D eigenvalue weighted by Gasteiger charge is 2.40. The Labute approximate surface area is 168 Å². The minimum Gasteiger partial charge on any atom is -0.366 e. The molecule has 8 heteroatoms. The number of urea groups is 1. The molecule has 0 unspecified atom stereocenters. The van der Waals surface area contributed by atoms with Gasteiger partial charge in [0.2, 0.25) is 0 Å². The Morgan fingerprint density at radius 1 is 1.17 bits per heavy atom. The van der Waals surface area contributed by atoms with Crippen LogP contribution in [0.15, 0.2) is 43.0 Å². The molecule has 1 fully saturated rings. The van der Waals surface area contributed by atoms with Crippen LogP contribution in [-0.2, 0) is 0 Å². The average Bonchev–Trinajstić information content (AvgIpc) is 3.13. The topological polar surface area (TPSA) is 87.1 Å². The molecule has 2 aliphatic rings. The number of amides is 2. The highest BCUT2D eigenvalue weighted by molar-refractivity contribution is 6.04. The zero-order valence-corrected chi connectivity index (χ0v) is 16.3. The molecule has 5 heterocycles. The van der Waals surface area contributed by atoms with Crippen molar-refractivity contribution >= 4 is 23.4 Å². The van der Waals surface area contributed by atoms with Crippen LogP contribution in [0.4, 0.5) is 22.1 Å². The summed E-state index contributed by atoms with van der Waals surface area (Å²) in [6.45, 7) is 5.75. The highest BCUT2D eigenvalue weighted by Crippen LogP contribution is 2.40. The van der Waals surface area contributed by atoms with Crippen LogP contribution in [0.2, 0.25) is 0 Å². The van der Waals surface area contributed by atoms with Crippen molar-refractivity contribution in [2.75, 3.05) is 28.2 Å². The first-order chi connectivity index (χ1) is 14.1. The van der Waals surface area contributed by atoms with Gasteiger partial charge in [-0.2, -0.15) is 0 Å². The third kappa shape index (κ3) is 3.06. The van der Waals surface area contributed by atoms with E-state index < -0.39 is 0 Å². The summed E-state index contributed by atoms with van der Waals surface area (Å²) >= 11 is 0. The van der Waals surface area contributed by atoms with Gasteiger partial charge in [-0.15, -0.1) is 0 Å². The summed E-state index contributed by atoms with van der Waals surface area (Å²) in [5, 5.41) is 2.86. The SMILES string of the molecule is Cc1cc(C)c(-c2ccc3c(n2)N(C(=O)Nc2cnccn2)[C@H]2CCN3C2)cn1. The van der Waals surface area contributed by atoms with E-state index in [0.29, 0.717) is 11.6 Å². The smallest absolute Gasteiger partial charge is 0.329 e. The zero-order chi connectivity index (χ0) is 20.0. The van der Waals surface area contributed by atoms with E-state index in [-0.39, 0.29) is 12.1 Å². The van der Waals surface area contributed by atoms with Crippen LogP contribution in [0.3, 0.4) is 0 Å². The molecular formula is C21H21N7O. The van der Waals surface area contributed by atoms with Gasteiger partial charge in [0, 0.05) is 42.9 Å². The van der Waals surface area contributed by atoms with Crippen molar-refractivity contribution < 1.29 is 4.79 Å². The van der Waals surface area contributed by atoms with Crippen molar-refractivity contribution in [2.24, 2.45) is 0 Å². The second-order valence-corrected chi connectivity index (χ2v) is 7.46. The molecular weight excluding hydrogens is 366 g/mol. The van der Waals surface area contributed by atoms with Crippen molar-refractivity contribution in [1.82, 2.24) is 19.9 Å². The number of carbonyl (C=O) groups excluding carboxylic acids is 1. The summed E-state index contributed by atoms with van der Waals surface area (Å²) in [6, 6.07) is 5.96. The van der Waals surface area contributed by atoms with E-state index in [0.717, 1.165) is 47.7 Å². The van der Waals surface area contributed by atoms with Crippen molar-refractivity contribution in [1.29, 1.82) is 0 Å². The lowest BCUT2D eigenvalue weighted by molar-refractivity contribution is 0.254. The number of nitrogens with zero attached hydrogens (tertiary/aromatic N) is 6. The molecule has 3 aromatic heterocycles. The van der Waals surface area contributed by atoms with Gasteiger partial charge in [-0.05, 0) is 44.0 Å². The third-order valence-corrected chi connectivity index (χ3v) is 5.49. The van der Waals surface area contributed by atoms with Crippen LogP contribution < -0.4 is 15.1 Å². The molecule has 0 spiro atoms. The van der Waals surface area contributed by atoms with Crippen molar-refractivity contribution in [3.8, 4) is 11.3 Å². The fourth-order valence-corrected chi connectivity index (χ4v) is 4.12. The molecule has 2 amide bonds. The van der Waals surface area contributed by atoms with E-state index >= 15 is 0 Å². The third-order valence-electron chi connectivity index (χ3n) is 5.49. The van der Waals surface area contributed by atoms with Crippen molar-refractivity contribution in [3.05, 3.63) is 54.2 Å². The van der Waals surface area contributed by atoms with Gasteiger partial charge in [-0.1, -0.05) is 0 Å². The van der Waals surface area contributed by atoms with Crippen LogP contribution in [0.1, 0.15) is 17.7 Å². The molecule has 29 heavy (non-hydrogen) atoms. The van der Waals surface area contributed by atoms with Gasteiger partial charge < -0.3 is 4.90 Å². The second kappa shape index (κ2) is 6.80. The summed E-state index contributed by atoms with van der Waals surface area (Å²) in [5.41, 5.74) is 4.85. The van der Waals surface area contributed by atoms with Gasteiger partial charge in [0.15, 0.2) is 11.6 Å². The Bertz CT molecular complexity index is 1090. The fraction of sp³-hybridized carbons (Fsp3) is 0.286. The monoisotopic (exact) mass is 387 g/mol. The molecule has 0 aromatic carbocycles. The Kier molecular flexibility index (Phi) is 4.12. The number of fused-ring (bicyclic) bond motifs is 4. The number of hydrogen-bond acceptors (Lipinski definition) is 6. The molecule has 1 N–H and O–H groups in total. The Hall–Kier alpha value is -3.55. The average molecular weight is 387 g/mol. The molecule has 2 bridgehead atoms. The Morgan fingerprint density at radius 2 is 2.07 bits per heavy atom. The fourth-order valence-electron chi connectivity index (χ4n) is 4.12. The lowest BCUT2D eigenvalue weighted by Gasteiger charge is -2.35. The van der Waals surface area contributed by atoms with Gasteiger partial charge >= 0.3 is 6.03 Å². The summed E-state index contributed by atoms with van der Waals surface area (Å²) in [5.74, 6) is 1.10. The van der Waals surface area contributed by atoms with E-state index in [1.54, 1.807) is 17.3 Å². The maximum atomic E-state index is 13.2. The minimum atomic E-state index is -0.235. The van der Waals surface area contributed by atoms with Crippen LogP contribution >= 0.6 is 0 Å². The van der Waals surface area contributed by atoms with Gasteiger partial charge in [-0.3, -0.25) is 20.2 Å². The van der Waals surface area contributed by atoms with Crippen molar-refractivity contribution in [3.63, 3.8) is 0 Å². The van der Waals surface area contributed by atoms with Gasteiger partial charge in [0.1, 0.15) is 0 Å². The molecule has 8 nitrogen and oxygen atoms in total. The predicted molar refractivity (Wildman–Crippen MR) is 111 cm³/mol. The zero-order valence-electron chi connectivity index (χ0n) is 16.3. The normalized spacial score (nSPS) is 17.2. The molecule has 0 aliphatic carbocycles. The van der Waals surface area contributed by atoms with E-state index in [4.69, 9.17) is 4.98 Å². The van der Waals surface area contributed by atoms with Gasteiger partial charge in [-0.25, -0.2) is 14.8 Å². The number of aryl methyl sites for hydroxylation is 2. The number of carbonyl (C=O) groups is 1. The molecule has 0 radical (unpaired) electrons. The lowest BCUT2D eigenvalue weighted by atomic mass is 10.1. The van der Waals surface area contributed by atoms with Crippen LogP contribution in [-0.4, -0.2) is 45.1 Å². The quantitative estimate of drug-likeness (QED) is 0.727. The Balaban J connectivity index is 1.55. The number of anilines is 3. The second-order valence-electron chi connectivity index (χ2n) is 7.46. The van der Waals surface area contributed by atoms with Crippen LogP contribution in [0.25, 0.3) is 11.3 Å². The van der Waals surface area contributed by atoms with E-state index in [1.807, 2.05) is 25.3 Å². The molecule has 1 atom stereocenters. The molecule has 3 aromatic rings. The lowest BCUT2D eigenvalue weighted by Crippen LogP contribution is -2.48. The summed E-state index contributed by atoms with van der Waals surface area (Å²) in [4.78, 5) is 34.7. The maximum Gasteiger partial charge on any atom is 0.329 e. The summed E-state index contributed by atoms with van der Waals surface area (Å²) < 4.78 is 0.